The van der Waals surface area contributed by atoms with Gasteiger partial charge in [-0.15, -0.1) is 5.10 Å². The fourth-order valence-corrected chi connectivity index (χ4v) is 6.91. The van der Waals surface area contributed by atoms with Gasteiger partial charge in [0, 0.05) is 51.7 Å². The number of ether oxygens (including phenoxy) is 2. The van der Waals surface area contributed by atoms with Gasteiger partial charge < -0.3 is 57.9 Å². The van der Waals surface area contributed by atoms with E-state index >= 15 is 0 Å². The molecule has 0 spiro atoms. The third-order valence-corrected chi connectivity index (χ3v) is 10.9. The lowest BCUT2D eigenvalue weighted by atomic mass is 10.0. The Morgan fingerprint density at radius 2 is 1.46 bits per heavy atom. The van der Waals surface area contributed by atoms with Crippen molar-refractivity contribution in [1.29, 1.82) is 0 Å². The molecule has 1 saturated heterocycles. The summed E-state index contributed by atoms with van der Waals surface area (Å²) in [5.74, 6) is -5.84. The normalized spacial score (nSPS) is 18.9. The number of guanidine groups is 1. The van der Waals surface area contributed by atoms with Crippen LogP contribution in [0.15, 0.2) is 41.5 Å². The van der Waals surface area contributed by atoms with Crippen molar-refractivity contribution in [1.82, 2.24) is 46.9 Å². The molecule has 1 aliphatic rings. The first-order chi connectivity index (χ1) is 31.8. The molecule has 22 heteroatoms. The molecule has 0 aliphatic carbocycles. The number of hydrogen-bond donors (Lipinski definition) is 9. The molecule has 3 rings (SSSR count). The van der Waals surface area contributed by atoms with Gasteiger partial charge in [-0.05, 0) is 84.6 Å². The van der Waals surface area contributed by atoms with Crippen LogP contribution >= 0.6 is 0 Å². The van der Waals surface area contributed by atoms with E-state index in [0.717, 1.165) is 12.8 Å². The fourth-order valence-electron chi connectivity index (χ4n) is 6.91. The maximum Gasteiger partial charge on any atom is 0.305 e. The first-order valence-corrected chi connectivity index (χ1v) is 23.0. The Labute approximate surface area is 392 Å². The average molecular weight is 941 g/mol. The van der Waals surface area contributed by atoms with Crippen LogP contribution < -0.4 is 43.4 Å². The predicted molar refractivity (Wildman–Crippen MR) is 248 cm³/mol. The summed E-state index contributed by atoms with van der Waals surface area (Å²) in [6.45, 7) is 11.9. The van der Waals surface area contributed by atoms with Crippen LogP contribution in [-0.2, 0) is 62.4 Å². The van der Waals surface area contributed by atoms with Gasteiger partial charge in [0.25, 0.3) is 0 Å². The number of aromatic nitrogens is 3. The van der Waals surface area contributed by atoms with Crippen LogP contribution in [0.3, 0.4) is 0 Å². The highest BCUT2D eigenvalue weighted by Crippen LogP contribution is 2.20. The summed E-state index contributed by atoms with van der Waals surface area (Å²) in [5.41, 5.74) is 11.5. The van der Waals surface area contributed by atoms with Crippen LogP contribution in [-0.4, -0.2) is 136 Å². The number of hydrogen-bond acceptors (Lipinski definition) is 12. The standard InChI is InChI=1S/C45H72N12O10/c1-6-24-66-45(4,5)20-25-67-44(2,3)19-23-57-29-31(55-56-57)17-18-36(58)48-21-11-10-15-33-40(63)52-32(16-12-22-49-43(46)47)39(62)50-28-37(59)51-35(27-38(60)61)42(65)54-34(41(64)53-33)26-30-13-8-7-9-14-30/h7-9,13-14,29,32-35H,6,10-12,15-28H2,1-5H3,(H,48,58)(H,50,62)(H,51,59)(H,52,63)(H,53,64)(H,54,65)(H,60,61)(H4,46,47,49). The van der Waals surface area contributed by atoms with E-state index in [1.165, 1.54) is 0 Å². The molecule has 1 fully saturated rings. The van der Waals surface area contributed by atoms with Crippen molar-refractivity contribution in [3.05, 3.63) is 47.8 Å². The van der Waals surface area contributed by atoms with E-state index in [1.54, 1.807) is 35.0 Å². The summed E-state index contributed by atoms with van der Waals surface area (Å²) >= 11 is 0. The molecule has 0 radical (unpaired) electrons. The SMILES string of the molecule is CCCOC(C)(C)CCOC(C)(C)CCn1cc(CCC(=O)NCCCCC2NC(=O)C(Cc3ccccc3)NC(=O)C(CC(=O)O)NC(=O)CNC(=O)C(CCCN=C(N)N)NC2=O)nn1. The lowest BCUT2D eigenvalue weighted by Gasteiger charge is -2.29. The fraction of sp³-hybridized carbons (Fsp3) is 0.644. The monoisotopic (exact) mass is 941 g/mol. The summed E-state index contributed by atoms with van der Waals surface area (Å²) in [5, 5.41) is 33.5. The highest BCUT2D eigenvalue weighted by atomic mass is 16.5. The molecule has 1 aromatic heterocycles. The van der Waals surface area contributed by atoms with Crippen LogP contribution in [0.4, 0.5) is 0 Å². The van der Waals surface area contributed by atoms with Gasteiger partial charge in [0.1, 0.15) is 24.2 Å². The second-order valence-corrected chi connectivity index (χ2v) is 17.8. The molecule has 372 valence electrons. The minimum Gasteiger partial charge on any atom is -0.481 e. The van der Waals surface area contributed by atoms with Gasteiger partial charge in [-0.2, -0.15) is 0 Å². The number of benzene rings is 1. The number of nitrogens with two attached hydrogens (primary N) is 2. The van der Waals surface area contributed by atoms with Crippen LogP contribution in [0, 0.1) is 0 Å². The average Bonchev–Trinajstić information content (AvgIpc) is 3.73. The Hall–Kier alpha value is -6.16. The van der Waals surface area contributed by atoms with Gasteiger partial charge in [0.05, 0.1) is 36.5 Å². The zero-order valence-corrected chi connectivity index (χ0v) is 39.6. The molecular weight excluding hydrogens is 869 g/mol. The minimum atomic E-state index is -1.60. The van der Waals surface area contributed by atoms with Gasteiger partial charge in [0.2, 0.25) is 35.4 Å². The van der Waals surface area contributed by atoms with Crippen molar-refractivity contribution in [2.45, 2.75) is 154 Å². The van der Waals surface area contributed by atoms with E-state index < -0.39 is 72.6 Å². The molecule has 11 N–H and O–H groups in total. The lowest BCUT2D eigenvalue weighted by molar-refractivity contribution is -0.141. The quantitative estimate of drug-likeness (QED) is 0.0344. The number of carboxylic acid groups (broad SMARTS) is 1. The first-order valence-electron chi connectivity index (χ1n) is 23.0. The Balaban J connectivity index is 1.64. The number of rotatable bonds is 26. The van der Waals surface area contributed by atoms with Gasteiger partial charge in [-0.3, -0.25) is 43.2 Å². The summed E-state index contributed by atoms with van der Waals surface area (Å²) in [7, 11) is 0. The van der Waals surface area contributed by atoms with Gasteiger partial charge >= 0.3 is 5.97 Å². The predicted octanol–water partition coefficient (Wildman–Crippen LogP) is 0.118. The highest BCUT2D eigenvalue weighted by molar-refractivity contribution is 5.98. The molecule has 4 unspecified atom stereocenters. The molecule has 67 heavy (non-hydrogen) atoms. The number of carbonyl (C=O) groups excluding carboxylic acids is 6. The molecule has 0 saturated carbocycles. The Kier molecular flexibility index (Phi) is 23.2. The molecule has 1 aromatic carbocycles. The second kappa shape index (κ2) is 28.1. The van der Waals surface area contributed by atoms with Crippen LogP contribution in [0.1, 0.15) is 110 Å². The molecule has 2 heterocycles. The molecule has 2 aromatic rings. The maximum atomic E-state index is 14.0. The third-order valence-electron chi connectivity index (χ3n) is 10.9. The Morgan fingerprint density at radius 1 is 0.836 bits per heavy atom. The Morgan fingerprint density at radius 3 is 2.15 bits per heavy atom. The molecule has 6 amide bonds. The molecule has 0 bridgehead atoms. The Bertz CT molecular complexity index is 1950. The van der Waals surface area contributed by atoms with E-state index in [2.05, 4.69) is 68.0 Å². The van der Waals surface area contributed by atoms with Crippen molar-refractivity contribution in [2.24, 2.45) is 16.5 Å². The highest BCUT2D eigenvalue weighted by Gasteiger charge is 2.33. The molecule has 4 atom stereocenters. The van der Waals surface area contributed by atoms with Gasteiger partial charge in [-0.25, -0.2) is 0 Å². The number of unbranched alkanes of at least 4 members (excludes halogenated alkanes) is 1. The molecule has 1 aliphatic heterocycles. The van der Waals surface area contributed by atoms with Crippen molar-refractivity contribution in [3.63, 3.8) is 0 Å². The van der Waals surface area contributed by atoms with E-state index in [4.69, 9.17) is 20.9 Å². The number of carboxylic acids is 1. The number of carbonyl (C=O) groups is 7. The number of aliphatic imine (C=N–C) groups is 1. The largest absolute Gasteiger partial charge is 0.481 e. The van der Waals surface area contributed by atoms with Crippen LogP contribution in [0.5, 0.6) is 0 Å². The number of aliphatic carboxylic acids is 1. The smallest absolute Gasteiger partial charge is 0.305 e. The summed E-state index contributed by atoms with van der Waals surface area (Å²) in [6.07, 6.45) is 5.05. The van der Waals surface area contributed by atoms with E-state index in [0.29, 0.717) is 56.7 Å². The van der Waals surface area contributed by atoms with Crippen molar-refractivity contribution >= 4 is 47.4 Å². The molecule has 22 nitrogen and oxygen atoms in total. The maximum absolute atomic E-state index is 14.0. The zero-order chi connectivity index (χ0) is 49.4. The third kappa shape index (κ3) is 22.3. The van der Waals surface area contributed by atoms with E-state index in [1.807, 2.05) is 20.0 Å². The second-order valence-electron chi connectivity index (χ2n) is 17.8. The van der Waals surface area contributed by atoms with Gasteiger partial charge in [-0.1, -0.05) is 42.5 Å². The van der Waals surface area contributed by atoms with Crippen LogP contribution in [0.25, 0.3) is 0 Å². The number of nitrogens with one attached hydrogen (secondary N) is 6. The number of aryl methyl sites for hydroxylation is 2. The van der Waals surface area contributed by atoms with Crippen molar-refractivity contribution in [2.75, 3.05) is 32.8 Å². The minimum absolute atomic E-state index is 0.0406. The topological polar surface area (TPSA) is 325 Å². The number of nitrogens with zero attached hydrogens (tertiary/aromatic N) is 4. The lowest BCUT2D eigenvalue weighted by Crippen LogP contribution is -2.58. The zero-order valence-electron chi connectivity index (χ0n) is 39.6. The summed E-state index contributed by atoms with van der Waals surface area (Å²) < 4.78 is 13.8. The first kappa shape index (κ1) is 55.2. The van der Waals surface area contributed by atoms with E-state index in [9.17, 15) is 38.7 Å². The van der Waals surface area contributed by atoms with E-state index in [-0.39, 0.29) is 68.3 Å². The van der Waals surface area contributed by atoms with Gasteiger partial charge in [0.15, 0.2) is 5.96 Å². The summed E-state index contributed by atoms with van der Waals surface area (Å²) in [6, 6.07) is 3.37. The summed E-state index contributed by atoms with van der Waals surface area (Å²) in [4.78, 5) is 96.1. The van der Waals surface area contributed by atoms with Crippen molar-refractivity contribution < 1.29 is 48.1 Å². The van der Waals surface area contributed by atoms with Crippen LogP contribution in [0.2, 0.25) is 0 Å². The molecular formula is C45H72N12O10. The van der Waals surface area contributed by atoms with Crippen molar-refractivity contribution in [3.8, 4) is 0 Å². The number of amides is 6.